The summed E-state index contributed by atoms with van der Waals surface area (Å²) >= 11 is 7.37. The summed E-state index contributed by atoms with van der Waals surface area (Å²) in [5.74, 6) is -0.0238. The SMILES string of the molecule is Cc1nc(-c2ccccn2)sc1CC(=O)NCc1ccc(Cl)cc1. The van der Waals surface area contributed by atoms with E-state index >= 15 is 0 Å². The van der Waals surface area contributed by atoms with Crippen LogP contribution in [0.1, 0.15) is 16.1 Å². The molecule has 0 aliphatic heterocycles. The molecular formula is C18H16ClN3OS. The maximum absolute atomic E-state index is 12.2. The third kappa shape index (κ3) is 4.19. The average Bonchev–Trinajstić information content (AvgIpc) is 2.96. The van der Waals surface area contributed by atoms with Gasteiger partial charge in [-0.1, -0.05) is 29.8 Å². The molecule has 2 aromatic heterocycles. The van der Waals surface area contributed by atoms with Gasteiger partial charge >= 0.3 is 0 Å². The molecule has 0 saturated carbocycles. The van der Waals surface area contributed by atoms with Gasteiger partial charge in [0.1, 0.15) is 5.01 Å². The van der Waals surface area contributed by atoms with Crippen LogP contribution < -0.4 is 5.32 Å². The van der Waals surface area contributed by atoms with Crippen LogP contribution in [-0.2, 0) is 17.8 Å². The van der Waals surface area contributed by atoms with Crippen LogP contribution >= 0.6 is 22.9 Å². The minimum atomic E-state index is -0.0238. The van der Waals surface area contributed by atoms with Gasteiger partial charge in [-0.05, 0) is 36.8 Å². The van der Waals surface area contributed by atoms with Gasteiger partial charge in [-0.3, -0.25) is 9.78 Å². The van der Waals surface area contributed by atoms with Crippen molar-refractivity contribution in [2.75, 3.05) is 0 Å². The van der Waals surface area contributed by atoms with Gasteiger partial charge in [0.2, 0.25) is 5.91 Å². The Labute approximate surface area is 149 Å². The third-order valence-corrected chi connectivity index (χ3v) is 4.93. The zero-order chi connectivity index (χ0) is 16.9. The largest absolute Gasteiger partial charge is 0.352 e. The number of thiazole rings is 1. The predicted octanol–water partition coefficient (Wildman–Crippen LogP) is 4.03. The molecule has 1 aromatic carbocycles. The molecular weight excluding hydrogens is 342 g/mol. The van der Waals surface area contributed by atoms with Crippen LogP contribution in [0.4, 0.5) is 0 Å². The standard InChI is InChI=1S/C18H16ClN3OS/c1-12-16(24-18(22-12)15-4-2-3-9-20-15)10-17(23)21-11-13-5-7-14(19)8-6-13/h2-9H,10-11H2,1H3,(H,21,23). The molecule has 24 heavy (non-hydrogen) atoms. The van der Waals surface area contributed by atoms with Crippen molar-refractivity contribution < 1.29 is 4.79 Å². The predicted molar refractivity (Wildman–Crippen MR) is 97.1 cm³/mol. The van der Waals surface area contributed by atoms with Crippen molar-refractivity contribution in [3.63, 3.8) is 0 Å². The Morgan fingerprint density at radius 1 is 1.21 bits per heavy atom. The van der Waals surface area contributed by atoms with Crippen LogP contribution in [0.15, 0.2) is 48.7 Å². The minimum Gasteiger partial charge on any atom is -0.352 e. The third-order valence-electron chi connectivity index (χ3n) is 3.50. The Kier molecular flexibility index (Phi) is 5.23. The van der Waals surface area contributed by atoms with Crippen LogP contribution in [0.3, 0.4) is 0 Å². The van der Waals surface area contributed by atoms with Gasteiger partial charge in [0.25, 0.3) is 0 Å². The molecule has 0 fully saturated rings. The quantitative estimate of drug-likeness (QED) is 0.750. The van der Waals surface area contributed by atoms with E-state index in [4.69, 9.17) is 11.6 Å². The molecule has 0 bridgehead atoms. The maximum atomic E-state index is 12.2. The summed E-state index contributed by atoms with van der Waals surface area (Å²) < 4.78 is 0. The molecule has 3 aromatic rings. The summed E-state index contributed by atoms with van der Waals surface area (Å²) in [4.78, 5) is 22.0. The van der Waals surface area contributed by atoms with Gasteiger partial charge < -0.3 is 5.32 Å². The lowest BCUT2D eigenvalue weighted by atomic mass is 10.2. The van der Waals surface area contributed by atoms with Crippen LogP contribution in [0.25, 0.3) is 10.7 Å². The first-order chi connectivity index (χ1) is 11.6. The van der Waals surface area contributed by atoms with E-state index in [9.17, 15) is 4.79 Å². The molecule has 0 atom stereocenters. The molecule has 4 nitrogen and oxygen atoms in total. The number of halogens is 1. The number of benzene rings is 1. The Balaban J connectivity index is 1.62. The lowest BCUT2D eigenvalue weighted by Crippen LogP contribution is -2.24. The number of amides is 1. The summed E-state index contributed by atoms with van der Waals surface area (Å²) in [5, 5.41) is 4.45. The molecule has 0 unspecified atom stereocenters. The molecule has 1 N–H and O–H groups in total. The number of carbonyl (C=O) groups excluding carboxylic acids is 1. The van der Waals surface area contributed by atoms with E-state index in [2.05, 4.69) is 15.3 Å². The van der Waals surface area contributed by atoms with Gasteiger partial charge in [-0.15, -0.1) is 11.3 Å². The van der Waals surface area contributed by atoms with Crippen molar-refractivity contribution in [1.82, 2.24) is 15.3 Å². The van der Waals surface area contributed by atoms with E-state index in [-0.39, 0.29) is 5.91 Å². The zero-order valence-electron chi connectivity index (χ0n) is 13.1. The highest BCUT2D eigenvalue weighted by Crippen LogP contribution is 2.26. The highest BCUT2D eigenvalue weighted by molar-refractivity contribution is 7.15. The van der Waals surface area contributed by atoms with E-state index in [1.54, 1.807) is 6.20 Å². The fourth-order valence-electron chi connectivity index (χ4n) is 2.20. The fourth-order valence-corrected chi connectivity index (χ4v) is 3.37. The molecule has 2 heterocycles. The Morgan fingerprint density at radius 3 is 2.71 bits per heavy atom. The molecule has 1 amide bonds. The summed E-state index contributed by atoms with van der Waals surface area (Å²) in [6.45, 7) is 2.41. The molecule has 0 aliphatic carbocycles. The first-order valence-corrected chi connectivity index (χ1v) is 8.70. The van der Waals surface area contributed by atoms with E-state index in [1.807, 2.05) is 49.4 Å². The minimum absolute atomic E-state index is 0.0238. The smallest absolute Gasteiger partial charge is 0.225 e. The number of aromatic nitrogens is 2. The average molecular weight is 358 g/mol. The van der Waals surface area contributed by atoms with Crippen molar-refractivity contribution in [2.45, 2.75) is 19.9 Å². The molecule has 0 saturated heterocycles. The van der Waals surface area contributed by atoms with Crippen molar-refractivity contribution in [3.8, 4) is 10.7 Å². The van der Waals surface area contributed by atoms with E-state index in [0.29, 0.717) is 18.0 Å². The molecule has 6 heteroatoms. The second-order valence-corrected chi connectivity index (χ2v) is 6.84. The monoisotopic (exact) mass is 357 g/mol. The number of nitrogens with zero attached hydrogens (tertiary/aromatic N) is 2. The van der Waals surface area contributed by atoms with Crippen molar-refractivity contribution in [3.05, 3.63) is 69.8 Å². The summed E-state index contributed by atoms with van der Waals surface area (Å²) in [6, 6.07) is 13.2. The number of nitrogens with one attached hydrogen (secondary N) is 1. The van der Waals surface area contributed by atoms with Gasteiger partial charge in [0, 0.05) is 22.6 Å². The molecule has 0 spiro atoms. The zero-order valence-corrected chi connectivity index (χ0v) is 14.7. The Bertz CT molecular complexity index is 831. The van der Waals surface area contributed by atoms with Crippen LogP contribution in [0, 0.1) is 6.92 Å². The Hall–Kier alpha value is -2.24. The number of rotatable bonds is 5. The second-order valence-electron chi connectivity index (χ2n) is 5.32. The molecule has 3 rings (SSSR count). The summed E-state index contributed by atoms with van der Waals surface area (Å²) in [5.41, 5.74) is 2.73. The van der Waals surface area contributed by atoms with Gasteiger partial charge in [-0.25, -0.2) is 4.98 Å². The second kappa shape index (κ2) is 7.55. The summed E-state index contributed by atoms with van der Waals surface area (Å²) in [6.07, 6.45) is 2.06. The van der Waals surface area contributed by atoms with Crippen LogP contribution in [-0.4, -0.2) is 15.9 Å². The van der Waals surface area contributed by atoms with Crippen molar-refractivity contribution in [2.24, 2.45) is 0 Å². The van der Waals surface area contributed by atoms with Gasteiger partial charge in [-0.2, -0.15) is 0 Å². The van der Waals surface area contributed by atoms with Crippen LogP contribution in [0.2, 0.25) is 5.02 Å². The molecule has 122 valence electrons. The number of hydrogen-bond acceptors (Lipinski definition) is 4. The summed E-state index contributed by atoms with van der Waals surface area (Å²) in [7, 11) is 0. The van der Waals surface area contributed by atoms with E-state index in [0.717, 1.165) is 26.8 Å². The van der Waals surface area contributed by atoms with Crippen molar-refractivity contribution in [1.29, 1.82) is 0 Å². The molecule has 0 aliphatic rings. The first-order valence-electron chi connectivity index (χ1n) is 7.50. The lowest BCUT2D eigenvalue weighted by molar-refractivity contribution is -0.120. The number of hydrogen-bond donors (Lipinski definition) is 1. The highest BCUT2D eigenvalue weighted by Gasteiger charge is 2.13. The molecule has 0 radical (unpaired) electrons. The van der Waals surface area contributed by atoms with Crippen molar-refractivity contribution >= 4 is 28.8 Å². The van der Waals surface area contributed by atoms with E-state index < -0.39 is 0 Å². The first kappa shape index (κ1) is 16.6. The Morgan fingerprint density at radius 2 is 2.00 bits per heavy atom. The maximum Gasteiger partial charge on any atom is 0.225 e. The highest BCUT2D eigenvalue weighted by atomic mass is 35.5. The topological polar surface area (TPSA) is 54.9 Å². The number of pyridine rings is 1. The van der Waals surface area contributed by atoms with E-state index in [1.165, 1.54) is 11.3 Å². The lowest BCUT2D eigenvalue weighted by Gasteiger charge is -2.05. The fraction of sp³-hybridized carbons (Fsp3) is 0.167. The van der Waals surface area contributed by atoms with Gasteiger partial charge in [0.05, 0.1) is 17.8 Å². The number of carbonyl (C=O) groups is 1. The number of aryl methyl sites for hydroxylation is 1. The van der Waals surface area contributed by atoms with Gasteiger partial charge in [0.15, 0.2) is 0 Å². The van der Waals surface area contributed by atoms with Crippen LogP contribution in [0.5, 0.6) is 0 Å². The normalized spacial score (nSPS) is 10.6.